The molecule has 1 aromatic heterocycles. The molecular formula is C22H30FN3OS. The van der Waals surface area contributed by atoms with Crippen LogP contribution in [0.5, 0.6) is 0 Å². The van der Waals surface area contributed by atoms with E-state index in [-0.39, 0.29) is 11.7 Å². The summed E-state index contributed by atoms with van der Waals surface area (Å²) in [5, 5.41) is 3.92. The number of nitrogens with zero attached hydrogens (tertiary/aromatic N) is 2. The molecule has 0 spiro atoms. The lowest BCUT2D eigenvalue weighted by atomic mass is 9.99. The highest BCUT2D eigenvalue weighted by atomic mass is 32.1. The number of hydrogen-bond donors (Lipinski definition) is 1. The first-order chi connectivity index (χ1) is 13.5. The lowest BCUT2D eigenvalue weighted by molar-refractivity contribution is 0.0955. The third-order valence-corrected chi connectivity index (χ3v) is 6.53. The summed E-state index contributed by atoms with van der Waals surface area (Å²) >= 11 is 1.43. The van der Waals surface area contributed by atoms with Crippen molar-refractivity contribution in [3.05, 3.63) is 51.2 Å². The van der Waals surface area contributed by atoms with Crippen LogP contribution < -0.4 is 5.32 Å². The number of aryl methyl sites for hydroxylation is 1. The number of rotatable bonds is 8. The van der Waals surface area contributed by atoms with E-state index in [4.69, 9.17) is 0 Å². The van der Waals surface area contributed by atoms with E-state index in [1.165, 1.54) is 49.4 Å². The second-order valence-corrected chi connectivity index (χ2v) is 8.90. The molecule has 0 aliphatic carbocycles. The molecule has 2 heterocycles. The molecule has 1 saturated heterocycles. The molecule has 1 aromatic carbocycles. The Balaban J connectivity index is 1.40. The van der Waals surface area contributed by atoms with Crippen molar-refractivity contribution in [2.75, 3.05) is 26.2 Å². The van der Waals surface area contributed by atoms with E-state index in [0.717, 1.165) is 41.6 Å². The number of unbranched alkanes of at least 4 members (excludes halogenated alkanes) is 1. The van der Waals surface area contributed by atoms with Gasteiger partial charge in [-0.05, 0) is 75.9 Å². The van der Waals surface area contributed by atoms with Gasteiger partial charge in [-0.15, -0.1) is 11.3 Å². The highest BCUT2D eigenvalue weighted by Crippen LogP contribution is 2.21. The number of thiazole rings is 1. The van der Waals surface area contributed by atoms with Crippen molar-refractivity contribution in [2.24, 2.45) is 5.92 Å². The maximum atomic E-state index is 13.0. The molecule has 0 unspecified atom stereocenters. The number of amides is 1. The molecule has 152 valence electrons. The molecule has 0 bridgehead atoms. The summed E-state index contributed by atoms with van der Waals surface area (Å²) < 4.78 is 13.0. The van der Waals surface area contributed by atoms with Crippen LogP contribution >= 0.6 is 11.3 Å². The molecular weight excluding hydrogens is 373 g/mol. The Bertz CT molecular complexity index is 767. The molecule has 3 rings (SSSR count). The Morgan fingerprint density at radius 3 is 2.68 bits per heavy atom. The highest BCUT2D eigenvalue weighted by Gasteiger charge is 2.16. The first-order valence-electron chi connectivity index (χ1n) is 10.2. The molecule has 0 radical (unpaired) electrons. The van der Waals surface area contributed by atoms with E-state index >= 15 is 0 Å². The second kappa shape index (κ2) is 10.1. The average Bonchev–Trinajstić information content (AvgIpc) is 3.05. The number of carbonyl (C=O) groups excluding carboxylic acids is 1. The lowest BCUT2D eigenvalue weighted by Gasteiger charge is -2.30. The van der Waals surface area contributed by atoms with Crippen LogP contribution in [0.25, 0.3) is 0 Å². The number of aromatic nitrogens is 1. The maximum Gasteiger partial charge on any atom is 0.263 e. The number of likely N-dealkylation sites (tertiary alicyclic amines) is 1. The van der Waals surface area contributed by atoms with Crippen LogP contribution in [-0.4, -0.2) is 42.0 Å². The zero-order chi connectivity index (χ0) is 19.9. The fourth-order valence-electron chi connectivity index (χ4n) is 3.54. The van der Waals surface area contributed by atoms with Gasteiger partial charge in [0.25, 0.3) is 5.91 Å². The summed E-state index contributed by atoms with van der Waals surface area (Å²) in [4.78, 5) is 20.2. The van der Waals surface area contributed by atoms with Crippen LogP contribution in [0.15, 0.2) is 24.3 Å². The molecule has 1 N–H and O–H groups in total. The van der Waals surface area contributed by atoms with Crippen LogP contribution in [0.3, 0.4) is 0 Å². The van der Waals surface area contributed by atoms with Gasteiger partial charge >= 0.3 is 0 Å². The lowest BCUT2D eigenvalue weighted by Crippen LogP contribution is -2.34. The third-order valence-electron chi connectivity index (χ3n) is 5.38. The Hall–Kier alpha value is -1.79. The zero-order valence-corrected chi connectivity index (χ0v) is 17.7. The van der Waals surface area contributed by atoms with Gasteiger partial charge in [0.2, 0.25) is 0 Å². The van der Waals surface area contributed by atoms with Gasteiger partial charge in [-0.3, -0.25) is 4.79 Å². The fraction of sp³-hybridized carbons (Fsp3) is 0.545. The summed E-state index contributed by atoms with van der Waals surface area (Å²) in [6.45, 7) is 8.46. The minimum absolute atomic E-state index is 0.0350. The zero-order valence-electron chi connectivity index (χ0n) is 16.8. The van der Waals surface area contributed by atoms with E-state index in [1.807, 2.05) is 6.92 Å². The fourth-order valence-corrected chi connectivity index (χ4v) is 4.56. The number of benzene rings is 1. The van der Waals surface area contributed by atoms with Crippen molar-refractivity contribution >= 4 is 17.2 Å². The van der Waals surface area contributed by atoms with Gasteiger partial charge in [0.05, 0.1) is 10.7 Å². The standard InChI is InChI=1S/C22H30FN3OS/c1-16-9-13-26(14-10-16)12-4-3-11-24-22(27)21-17(2)25-20(28-21)15-18-5-7-19(23)8-6-18/h5-8,16H,3-4,9-15H2,1-2H3,(H,24,27). The molecule has 28 heavy (non-hydrogen) atoms. The Kier molecular flexibility index (Phi) is 7.57. The van der Waals surface area contributed by atoms with Crippen LogP contribution in [0.1, 0.15) is 58.5 Å². The van der Waals surface area contributed by atoms with Crippen LogP contribution in [0.4, 0.5) is 4.39 Å². The monoisotopic (exact) mass is 403 g/mol. The first kappa shape index (κ1) is 20.9. The van der Waals surface area contributed by atoms with Gasteiger partial charge in [-0.25, -0.2) is 9.37 Å². The minimum Gasteiger partial charge on any atom is -0.351 e. The van der Waals surface area contributed by atoms with Crippen molar-refractivity contribution in [1.82, 2.24) is 15.2 Å². The summed E-state index contributed by atoms with van der Waals surface area (Å²) in [5.41, 5.74) is 1.76. The molecule has 1 fully saturated rings. The van der Waals surface area contributed by atoms with Gasteiger partial charge in [-0.1, -0.05) is 19.1 Å². The number of halogens is 1. The number of carbonyl (C=O) groups is 1. The average molecular weight is 404 g/mol. The summed E-state index contributed by atoms with van der Waals surface area (Å²) in [6.07, 6.45) is 5.35. The van der Waals surface area contributed by atoms with E-state index in [9.17, 15) is 9.18 Å². The smallest absolute Gasteiger partial charge is 0.263 e. The normalized spacial score (nSPS) is 15.7. The number of nitrogens with one attached hydrogen (secondary N) is 1. The van der Waals surface area contributed by atoms with Crippen LogP contribution in [-0.2, 0) is 6.42 Å². The molecule has 6 heteroatoms. The van der Waals surface area contributed by atoms with Crippen molar-refractivity contribution < 1.29 is 9.18 Å². The topological polar surface area (TPSA) is 45.2 Å². The van der Waals surface area contributed by atoms with Crippen molar-refractivity contribution in [3.63, 3.8) is 0 Å². The summed E-state index contributed by atoms with van der Waals surface area (Å²) in [6, 6.07) is 6.42. The van der Waals surface area contributed by atoms with Crippen molar-refractivity contribution in [3.8, 4) is 0 Å². The molecule has 2 aromatic rings. The molecule has 1 aliphatic heterocycles. The number of piperidine rings is 1. The van der Waals surface area contributed by atoms with Crippen molar-refractivity contribution in [2.45, 2.75) is 46.0 Å². The third kappa shape index (κ3) is 6.11. The summed E-state index contributed by atoms with van der Waals surface area (Å²) in [7, 11) is 0. The second-order valence-electron chi connectivity index (χ2n) is 7.81. The van der Waals surface area contributed by atoms with Gasteiger partial charge in [0.15, 0.2) is 0 Å². The number of hydrogen-bond acceptors (Lipinski definition) is 4. The SMILES string of the molecule is Cc1nc(Cc2ccc(F)cc2)sc1C(=O)NCCCCN1CCC(C)CC1. The van der Waals surface area contributed by atoms with Gasteiger partial charge < -0.3 is 10.2 Å². The maximum absolute atomic E-state index is 13.0. The van der Waals surface area contributed by atoms with Gasteiger partial charge in [0, 0.05) is 13.0 Å². The van der Waals surface area contributed by atoms with Gasteiger partial charge in [0.1, 0.15) is 10.7 Å². The van der Waals surface area contributed by atoms with E-state index in [2.05, 4.69) is 22.1 Å². The van der Waals surface area contributed by atoms with Crippen molar-refractivity contribution in [1.29, 1.82) is 0 Å². The highest BCUT2D eigenvalue weighted by molar-refractivity contribution is 7.13. The Morgan fingerprint density at radius 1 is 1.25 bits per heavy atom. The molecule has 4 nitrogen and oxygen atoms in total. The molecule has 1 amide bonds. The molecule has 0 atom stereocenters. The Labute approximate surface area is 171 Å². The Morgan fingerprint density at radius 2 is 1.96 bits per heavy atom. The predicted octanol–water partition coefficient (Wildman–Crippen LogP) is 4.42. The van der Waals surface area contributed by atoms with Gasteiger partial charge in [-0.2, -0.15) is 0 Å². The summed E-state index contributed by atoms with van der Waals surface area (Å²) in [5.74, 6) is 0.590. The van der Waals surface area contributed by atoms with Crippen LogP contribution in [0, 0.1) is 18.7 Å². The molecule has 0 saturated carbocycles. The first-order valence-corrected chi connectivity index (χ1v) is 11.0. The van der Waals surface area contributed by atoms with E-state index in [1.54, 1.807) is 12.1 Å². The van der Waals surface area contributed by atoms with E-state index in [0.29, 0.717) is 17.8 Å². The quantitative estimate of drug-likeness (QED) is 0.664. The minimum atomic E-state index is -0.242. The molecule has 1 aliphatic rings. The van der Waals surface area contributed by atoms with Crippen LogP contribution in [0.2, 0.25) is 0 Å². The van der Waals surface area contributed by atoms with E-state index < -0.39 is 0 Å². The largest absolute Gasteiger partial charge is 0.351 e. The predicted molar refractivity (Wildman–Crippen MR) is 112 cm³/mol.